The first-order valence-corrected chi connectivity index (χ1v) is 8.81. The van der Waals surface area contributed by atoms with Crippen LogP contribution < -0.4 is 15.5 Å². The number of halogens is 2. The number of hydrogen-bond acceptors (Lipinski definition) is 2. The van der Waals surface area contributed by atoms with Crippen LogP contribution in [0.3, 0.4) is 0 Å². The quantitative estimate of drug-likeness (QED) is 0.545. The zero-order valence-electron chi connectivity index (χ0n) is 12.6. The summed E-state index contributed by atoms with van der Waals surface area (Å²) in [7, 11) is 0. The lowest BCUT2D eigenvalue weighted by Gasteiger charge is -2.21. The molecule has 2 rings (SSSR count). The summed E-state index contributed by atoms with van der Waals surface area (Å²) >= 11 is 5.84. The number of likely N-dealkylation sites (tertiary alicyclic amines) is 1. The highest BCUT2D eigenvalue weighted by atomic mass is 32.2. The van der Waals surface area contributed by atoms with Crippen molar-refractivity contribution in [2.75, 3.05) is 25.0 Å². The molecule has 7 heteroatoms. The topological polar surface area (TPSA) is 28.5 Å². The van der Waals surface area contributed by atoms with E-state index in [1.807, 2.05) is 0 Å². The van der Waals surface area contributed by atoms with Crippen LogP contribution in [0, 0.1) is 0 Å². The minimum atomic E-state index is -2.39. The van der Waals surface area contributed by atoms with E-state index in [1.165, 1.54) is 19.4 Å². The van der Waals surface area contributed by atoms with Crippen LogP contribution >= 0.6 is 24.0 Å². The lowest BCUT2D eigenvalue weighted by molar-refractivity contribution is -0.909. The molecule has 0 amide bonds. The molecular weight excluding hydrogens is 324 g/mol. The number of nitrogens with one attached hydrogen (secondary N) is 3. The number of hydrogen-bond donors (Lipinski definition) is 3. The van der Waals surface area contributed by atoms with Crippen LogP contribution in [-0.2, 0) is 0 Å². The summed E-state index contributed by atoms with van der Waals surface area (Å²) in [6.07, 6.45) is 2.51. The molecule has 3 nitrogen and oxygen atoms in total. The Balaban J connectivity index is 1.77. The Labute approximate surface area is 139 Å². The van der Waals surface area contributed by atoms with Gasteiger partial charge in [-0.25, -0.2) is 0 Å². The molecule has 1 aromatic rings. The minimum absolute atomic E-state index is 0.543. The molecule has 1 heterocycles. The number of anilines is 1. The lowest BCUT2D eigenvalue weighted by Crippen LogP contribution is -3.14. The molecule has 0 bridgehead atoms. The van der Waals surface area contributed by atoms with Crippen LogP contribution in [0.2, 0.25) is 0 Å². The van der Waals surface area contributed by atoms with Crippen molar-refractivity contribution < 1.29 is 13.7 Å². The molecule has 1 unspecified atom stereocenters. The van der Waals surface area contributed by atoms with Gasteiger partial charge in [0.1, 0.15) is 6.04 Å². The molecule has 0 radical (unpaired) electrons. The van der Waals surface area contributed by atoms with Gasteiger partial charge in [0.25, 0.3) is 5.76 Å². The van der Waals surface area contributed by atoms with E-state index in [4.69, 9.17) is 12.2 Å². The fraction of sp³-hybridized carbons (Fsp3) is 0.533. The third-order valence-electron chi connectivity index (χ3n) is 3.93. The number of rotatable bonds is 6. The van der Waals surface area contributed by atoms with E-state index in [0.717, 1.165) is 18.8 Å². The van der Waals surface area contributed by atoms with Crippen molar-refractivity contribution in [3.63, 3.8) is 0 Å². The number of quaternary nitrogens is 1. The van der Waals surface area contributed by atoms with Gasteiger partial charge in [-0.2, -0.15) is 8.78 Å². The SMILES string of the molecule is CC[NH+]1CCC[C@@H]1CNC(=S)Nc1ccc(SC(F)F)cc1. The van der Waals surface area contributed by atoms with Crippen LogP contribution in [-0.4, -0.2) is 36.5 Å². The van der Waals surface area contributed by atoms with Crippen molar-refractivity contribution in [2.45, 2.75) is 36.5 Å². The lowest BCUT2D eigenvalue weighted by atomic mass is 10.2. The Morgan fingerprint density at radius 3 is 2.77 bits per heavy atom. The molecule has 1 fully saturated rings. The Hall–Kier alpha value is -0.920. The van der Waals surface area contributed by atoms with Gasteiger partial charge in [-0.05, 0) is 43.4 Å². The predicted molar refractivity (Wildman–Crippen MR) is 91.9 cm³/mol. The predicted octanol–water partition coefficient (Wildman–Crippen LogP) is 2.35. The molecular formula is C15H22F2N3S2+. The molecule has 1 saturated heterocycles. The Bertz CT molecular complexity index is 482. The third-order valence-corrected chi connectivity index (χ3v) is 4.90. The second-order valence-corrected chi connectivity index (χ2v) is 6.81. The molecule has 0 spiro atoms. The zero-order valence-corrected chi connectivity index (χ0v) is 14.2. The summed E-state index contributed by atoms with van der Waals surface area (Å²) in [5.41, 5.74) is 0.808. The molecule has 1 aliphatic rings. The Morgan fingerprint density at radius 2 is 2.14 bits per heavy atom. The standard InChI is InChI=1S/C15H21F2N3S2/c1-2-20-9-3-4-12(20)10-18-15(21)19-11-5-7-13(8-6-11)22-14(16)17/h5-8,12,14H,2-4,9-10H2,1H3,(H2,18,19,21)/p+1/t12-/m1/s1. The van der Waals surface area contributed by atoms with Gasteiger partial charge in [0.2, 0.25) is 0 Å². The average Bonchev–Trinajstić information content (AvgIpc) is 2.94. The van der Waals surface area contributed by atoms with Gasteiger partial charge in [-0.1, -0.05) is 11.8 Å². The molecule has 22 heavy (non-hydrogen) atoms. The van der Waals surface area contributed by atoms with Crippen molar-refractivity contribution >= 4 is 34.8 Å². The Morgan fingerprint density at radius 1 is 1.41 bits per heavy atom. The molecule has 122 valence electrons. The highest BCUT2D eigenvalue weighted by Gasteiger charge is 2.26. The number of benzene rings is 1. The summed E-state index contributed by atoms with van der Waals surface area (Å²) < 4.78 is 24.5. The maximum atomic E-state index is 12.3. The monoisotopic (exact) mass is 346 g/mol. The molecule has 1 aliphatic heterocycles. The maximum Gasteiger partial charge on any atom is 0.288 e. The molecule has 0 aromatic heterocycles. The minimum Gasteiger partial charge on any atom is -0.356 e. The van der Waals surface area contributed by atoms with Crippen molar-refractivity contribution in [1.29, 1.82) is 0 Å². The van der Waals surface area contributed by atoms with Crippen LogP contribution in [0.25, 0.3) is 0 Å². The second-order valence-electron chi connectivity index (χ2n) is 5.34. The molecule has 0 saturated carbocycles. The van der Waals surface area contributed by atoms with Crippen molar-refractivity contribution in [3.8, 4) is 0 Å². The average molecular weight is 346 g/mol. The highest BCUT2D eigenvalue weighted by Crippen LogP contribution is 2.26. The first-order chi connectivity index (χ1) is 10.6. The van der Waals surface area contributed by atoms with Crippen LogP contribution in [0.4, 0.5) is 14.5 Å². The van der Waals surface area contributed by atoms with Crippen LogP contribution in [0.5, 0.6) is 0 Å². The van der Waals surface area contributed by atoms with E-state index >= 15 is 0 Å². The maximum absolute atomic E-state index is 12.3. The zero-order chi connectivity index (χ0) is 15.9. The van der Waals surface area contributed by atoms with Crippen LogP contribution in [0.15, 0.2) is 29.2 Å². The summed E-state index contributed by atoms with van der Waals surface area (Å²) in [6.45, 7) is 5.47. The summed E-state index contributed by atoms with van der Waals surface area (Å²) in [5, 5.41) is 6.93. The summed E-state index contributed by atoms with van der Waals surface area (Å²) in [4.78, 5) is 2.18. The third kappa shape index (κ3) is 5.37. The van der Waals surface area contributed by atoms with Gasteiger partial charge in [0.05, 0.1) is 19.6 Å². The van der Waals surface area contributed by atoms with Crippen molar-refractivity contribution in [2.24, 2.45) is 0 Å². The molecule has 0 aliphatic carbocycles. The number of thioether (sulfide) groups is 1. The van der Waals surface area contributed by atoms with Crippen molar-refractivity contribution in [1.82, 2.24) is 5.32 Å². The molecule has 1 aromatic carbocycles. The largest absolute Gasteiger partial charge is 0.356 e. The summed E-state index contributed by atoms with van der Waals surface area (Å²) in [6, 6.07) is 7.48. The first-order valence-electron chi connectivity index (χ1n) is 7.52. The Kier molecular flexibility index (Phi) is 6.85. The first kappa shape index (κ1) is 17.4. The smallest absolute Gasteiger partial charge is 0.288 e. The van der Waals surface area contributed by atoms with Gasteiger partial charge in [-0.3, -0.25) is 0 Å². The van der Waals surface area contributed by atoms with E-state index in [-0.39, 0.29) is 0 Å². The van der Waals surface area contributed by atoms with E-state index < -0.39 is 5.76 Å². The van der Waals surface area contributed by atoms with Gasteiger partial charge in [0.15, 0.2) is 5.11 Å². The number of likely N-dealkylation sites (N-methyl/N-ethyl adjacent to an activating group) is 1. The fourth-order valence-corrected chi connectivity index (χ4v) is 3.51. The van der Waals surface area contributed by atoms with Gasteiger partial charge in [-0.15, -0.1) is 0 Å². The normalized spacial score (nSPS) is 21.1. The van der Waals surface area contributed by atoms with E-state index in [2.05, 4.69) is 17.6 Å². The number of alkyl halides is 2. The fourth-order valence-electron chi connectivity index (χ4n) is 2.81. The van der Waals surface area contributed by atoms with Gasteiger partial charge < -0.3 is 15.5 Å². The second kappa shape index (κ2) is 8.64. The molecule has 2 atom stereocenters. The highest BCUT2D eigenvalue weighted by molar-refractivity contribution is 7.99. The van der Waals surface area contributed by atoms with Gasteiger partial charge >= 0.3 is 0 Å². The molecule has 3 N–H and O–H groups in total. The van der Waals surface area contributed by atoms with Gasteiger partial charge in [0, 0.05) is 23.4 Å². The van der Waals surface area contributed by atoms with E-state index in [1.54, 1.807) is 29.2 Å². The van der Waals surface area contributed by atoms with E-state index in [0.29, 0.717) is 27.8 Å². The number of thiocarbonyl (C=S) groups is 1. The summed E-state index contributed by atoms with van der Waals surface area (Å²) in [5.74, 6) is -2.39. The van der Waals surface area contributed by atoms with Crippen molar-refractivity contribution in [3.05, 3.63) is 24.3 Å². The van der Waals surface area contributed by atoms with E-state index in [9.17, 15) is 8.78 Å². The van der Waals surface area contributed by atoms with Crippen LogP contribution in [0.1, 0.15) is 19.8 Å².